The molecule has 1 aliphatic rings. The van der Waals surface area contributed by atoms with Gasteiger partial charge in [-0.3, -0.25) is 9.69 Å². The summed E-state index contributed by atoms with van der Waals surface area (Å²) in [6.45, 7) is 3.94. The highest BCUT2D eigenvalue weighted by Crippen LogP contribution is 2.25. The normalized spacial score (nSPS) is 13.9. The highest BCUT2D eigenvalue weighted by atomic mass is 19.1. The van der Waals surface area contributed by atoms with Crippen LogP contribution in [-0.2, 0) is 6.54 Å². The Kier molecular flexibility index (Phi) is 5.98. The third-order valence-corrected chi connectivity index (χ3v) is 5.29. The lowest BCUT2D eigenvalue weighted by atomic mass is 10.1. The summed E-state index contributed by atoms with van der Waals surface area (Å²) < 4.78 is 13.1. The number of nitrogens with zero attached hydrogens (tertiary/aromatic N) is 2. The van der Waals surface area contributed by atoms with E-state index in [0.29, 0.717) is 30.9 Å². The molecule has 4 rings (SSSR count). The summed E-state index contributed by atoms with van der Waals surface area (Å²) in [7, 11) is 0. The minimum Gasteiger partial charge on any atom is -0.322 e. The molecule has 6 heteroatoms. The predicted molar refractivity (Wildman–Crippen MR) is 120 cm³/mol. The van der Waals surface area contributed by atoms with E-state index in [0.717, 1.165) is 17.7 Å². The topological polar surface area (TPSA) is 52.6 Å². The van der Waals surface area contributed by atoms with E-state index < -0.39 is 5.82 Å². The molecule has 0 aromatic heterocycles. The lowest BCUT2D eigenvalue weighted by Crippen LogP contribution is -2.49. The fourth-order valence-corrected chi connectivity index (χ4v) is 3.75. The zero-order valence-electron chi connectivity index (χ0n) is 17.3. The first kappa shape index (κ1) is 20.6. The van der Waals surface area contributed by atoms with Gasteiger partial charge in [0.2, 0.25) is 0 Å². The predicted octanol–water partition coefficient (Wildman–Crippen LogP) is 5.22. The number of hydrogen-bond donors (Lipinski definition) is 1. The monoisotopic (exact) mass is 417 g/mol. The lowest BCUT2D eigenvalue weighted by molar-refractivity contribution is 0.102. The summed E-state index contributed by atoms with van der Waals surface area (Å²) in [5.74, 6) is -0.722. The van der Waals surface area contributed by atoms with Crippen LogP contribution < -0.4 is 10.2 Å². The van der Waals surface area contributed by atoms with Crippen LogP contribution in [0.1, 0.15) is 27.9 Å². The number of hydrogen-bond acceptors (Lipinski definition) is 2. The van der Waals surface area contributed by atoms with Gasteiger partial charge in [0.25, 0.3) is 5.91 Å². The highest BCUT2D eigenvalue weighted by molar-refractivity contribution is 6.04. The van der Waals surface area contributed by atoms with Crippen molar-refractivity contribution < 1.29 is 14.0 Å². The van der Waals surface area contributed by atoms with E-state index in [1.807, 2.05) is 42.2 Å². The van der Waals surface area contributed by atoms with Gasteiger partial charge >= 0.3 is 6.03 Å². The minimum absolute atomic E-state index is 0.0465. The molecule has 3 amide bonds. The molecule has 0 unspecified atom stereocenters. The van der Waals surface area contributed by atoms with E-state index in [4.69, 9.17) is 0 Å². The zero-order valence-corrected chi connectivity index (χ0v) is 17.3. The van der Waals surface area contributed by atoms with Gasteiger partial charge in [-0.25, -0.2) is 9.18 Å². The SMILES string of the molecule is Cc1cccc(CN2CCCN(c3cccc(NC(=O)c4ccc(F)cc4)c3)C2=O)c1. The van der Waals surface area contributed by atoms with Crippen LogP contribution in [-0.4, -0.2) is 29.9 Å². The maximum atomic E-state index is 13.1. The van der Waals surface area contributed by atoms with Crippen molar-refractivity contribution >= 4 is 23.3 Å². The summed E-state index contributed by atoms with van der Waals surface area (Å²) in [4.78, 5) is 29.2. The average Bonchev–Trinajstić information content (AvgIpc) is 2.76. The number of anilines is 2. The fourth-order valence-electron chi connectivity index (χ4n) is 3.75. The molecule has 3 aromatic rings. The van der Waals surface area contributed by atoms with Crippen LogP contribution in [0.5, 0.6) is 0 Å². The summed E-state index contributed by atoms with van der Waals surface area (Å²) in [5, 5.41) is 2.82. The van der Waals surface area contributed by atoms with E-state index in [-0.39, 0.29) is 11.9 Å². The standard InChI is InChI=1S/C25H24FN3O2/c1-18-5-2-6-19(15-18)17-28-13-4-14-29(25(28)31)23-8-3-7-22(16-23)27-24(30)20-9-11-21(26)12-10-20/h2-3,5-12,15-16H,4,13-14,17H2,1H3,(H,27,30). The van der Waals surface area contributed by atoms with Crippen molar-refractivity contribution in [2.75, 3.05) is 23.3 Å². The van der Waals surface area contributed by atoms with Gasteiger partial charge in [0.05, 0.1) is 0 Å². The second-order valence-corrected chi connectivity index (χ2v) is 7.71. The van der Waals surface area contributed by atoms with Crippen LogP contribution in [0.2, 0.25) is 0 Å². The summed E-state index contributed by atoms with van der Waals surface area (Å²) in [6.07, 6.45) is 0.865. The molecule has 0 saturated carbocycles. The van der Waals surface area contributed by atoms with Crippen molar-refractivity contribution in [1.82, 2.24) is 4.90 Å². The van der Waals surface area contributed by atoms with Crippen LogP contribution in [0.25, 0.3) is 0 Å². The van der Waals surface area contributed by atoms with Crippen molar-refractivity contribution in [3.05, 3.63) is 95.3 Å². The largest absolute Gasteiger partial charge is 0.324 e. The van der Waals surface area contributed by atoms with Gasteiger partial charge < -0.3 is 10.2 Å². The molecular weight excluding hydrogens is 393 g/mol. The van der Waals surface area contributed by atoms with Gasteiger partial charge in [0, 0.05) is 36.6 Å². The molecule has 0 bridgehead atoms. The molecule has 0 atom stereocenters. The van der Waals surface area contributed by atoms with Crippen molar-refractivity contribution in [3.63, 3.8) is 0 Å². The molecule has 1 N–H and O–H groups in total. The molecule has 158 valence electrons. The van der Waals surface area contributed by atoms with E-state index in [1.165, 1.54) is 29.8 Å². The first-order valence-electron chi connectivity index (χ1n) is 10.3. The maximum Gasteiger partial charge on any atom is 0.324 e. The van der Waals surface area contributed by atoms with Crippen LogP contribution in [0.15, 0.2) is 72.8 Å². The Labute approximate surface area is 181 Å². The Morgan fingerprint density at radius 3 is 2.55 bits per heavy atom. The Hall–Kier alpha value is -3.67. The Balaban J connectivity index is 1.48. The number of benzene rings is 3. The molecule has 5 nitrogen and oxygen atoms in total. The summed E-state index contributed by atoms with van der Waals surface area (Å²) in [5.41, 5.74) is 3.95. The Bertz CT molecular complexity index is 1100. The van der Waals surface area contributed by atoms with Gasteiger partial charge in [-0.1, -0.05) is 35.9 Å². The molecule has 1 heterocycles. The molecule has 31 heavy (non-hydrogen) atoms. The molecule has 0 spiro atoms. The molecule has 1 fully saturated rings. The maximum absolute atomic E-state index is 13.1. The molecule has 1 saturated heterocycles. The van der Waals surface area contributed by atoms with E-state index >= 15 is 0 Å². The van der Waals surface area contributed by atoms with Crippen molar-refractivity contribution in [1.29, 1.82) is 0 Å². The molecule has 0 radical (unpaired) electrons. The van der Waals surface area contributed by atoms with Crippen molar-refractivity contribution in [3.8, 4) is 0 Å². The number of halogens is 1. The first-order valence-corrected chi connectivity index (χ1v) is 10.3. The summed E-state index contributed by atoms with van der Waals surface area (Å²) >= 11 is 0. The third-order valence-electron chi connectivity index (χ3n) is 5.29. The Morgan fingerprint density at radius 2 is 1.77 bits per heavy atom. The number of carbonyl (C=O) groups is 2. The number of aryl methyl sites for hydroxylation is 1. The third kappa shape index (κ3) is 4.91. The Morgan fingerprint density at radius 1 is 1.00 bits per heavy atom. The molecule has 1 aliphatic heterocycles. The average molecular weight is 417 g/mol. The van der Waals surface area contributed by atoms with Crippen LogP contribution in [0.3, 0.4) is 0 Å². The number of rotatable bonds is 5. The van der Waals surface area contributed by atoms with Gasteiger partial charge in [0.15, 0.2) is 0 Å². The number of carbonyl (C=O) groups excluding carboxylic acids is 2. The molecule has 0 aliphatic carbocycles. The molecule has 3 aromatic carbocycles. The van der Waals surface area contributed by atoms with Crippen LogP contribution in [0, 0.1) is 12.7 Å². The second kappa shape index (κ2) is 9.00. The lowest BCUT2D eigenvalue weighted by Gasteiger charge is -2.36. The quantitative estimate of drug-likeness (QED) is 0.619. The van der Waals surface area contributed by atoms with Crippen LogP contribution >= 0.6 is 0 Å². The number of nitrogens with one attached hydrogen (secondary N) is 1. The van der Waals surface area contributed by atoms with E-state index in [1.54, 1.807) is 17.0 Å². The fraction of sp³-hybridized carbons (Fsp3) is 0.200. The van der Waals surface area contributed by atoms with Gasteiger partial charge in [-0.15, -0.1) is 0 Å². The van der Waals surface area contributed by atoms with E-state index in [2.05, 4.69) is 11.4 Å². The van der Waals surface area contributed by atoms with Gasteiger partial charge in [-0.2, -0.15) is 0 Å². The highest BCUT2D eigenvalue weighted by Gasteiger charge is 2.27. The van der Waals surface area contributed by atoms with Crippen LogP contribution in [0.4, 0.5) is 20.6 Å². The van der Waals surface area contributed by atoms with Gasteiger partial charge in [0.1, 0.15) is 5.82 Å². The minimum atomic E-state index is -0.391. The van der Waals surface area contributed by atoms with Crippen molar-refractivity contribution in [2.24, 2.45) is 0 Å². The second-order valence-electron chi connectivity index (χ2n) is 7.71. The zero-order chi connectivity index (χ0) is 21.8. The van der Waals surface area contributed by atoms with Crippen molar-refractivity contribution in [2.45, 2.75) is 19.9 Å². The smallest absolute Gasteiger partial charge is 0.322 e. The number of amides is 3. The molecular formula is C25H24FN3O2. The van der Waals surface area contributed by atoms with Gasteiger partial charge in [-0.05, 0) is 61.4 Å². The first-order chi connectivity index (χ1) is 15.0. The van der Waals surface area contributed by atoms with E-state index in [9.17, 15) is 14.0 Å². The number of urea groups is 1. The summed E-state index contributed by atoms with van der Waals surface area (Å²) in [6, 6.07) is 20.7.